The third kappa shape index (κ3) is 3.43. The summed E-state index contributed by atoms with van der Waals surface area (Å²) in [6.07, 6.45) is 3.75. The van der Waals surface area contributed by atoms with E-state index in [2.05, 4.69) is 4.98 Å². The third-order valence-corrected chi connectivity index (χ3v) is 2.48. The molecular weight excluding hydrogens is 224 g/mol. The molecule has 0 aliphatic carbocycles. The molecule has 4 heteroatoms. The van der Waals surface area contributed by atoms with Crippen LogP contribution in [0.25, 0.3) is 0 Å². The Bertz CT molecular complexity index is 304. The highest BCUT2D eigenvalue weighted by atomic mass is 35.5. The molecular formula is C10H12Cl2FN. The Morgan fingerprint density at radius 2 is 2.29 bits per heavy atom. The number of hydrogen-bond donors (Lipinski definition) is 0. The lowest BCUT2D eigenvalue weighted by Gasteiger charge is -2.07. The number of nitrogens with zero attached hydrogens (tertiary/aromatic N) is 1. The molecule has 0 saturated carbocycles. The van der Waals surface area contributed by atoms with Crippen LogP contribution in [0.5, 0.6) is 0 Å². The van der Waals surface area contributed by atoms with Crippen molar-refractivity contribution in [2.45, 2.75) is 31.6 Å². The van der Waals surface area contributed by atoms with Crippen LogP contribution >= 0.6 is 23.2 Å². The Morgan fingerprint density at radius 1 is 1.57 bits per heavy atom. The molecule has 0 radical (unpaired) electrons. The van der Waals surface area contributed by atoms with E-state index in [0.29, 0.717) is 17.1 Å². The van der Waals surface area contributed by atoms with Crippen LogP contribution in [-0.2, 0) is 6.42 Å². The van der Waals surface area contributed by atoms with Crippen LogP contribution in [0.1, 0.15) is 25.5 Å². The lowest BCUT2D eigenvalue weighted by Crippen LogP contribution is -2.06. The van der Waals surface area contributed by atoms with Crippen molar-refractivity contribution in [3.05, 3.63) is 28.8 Å². The van der Waals surface area contributed by atoms with Gasteiger partial charge in [-0.05, 0) is 12.5 Å². The highest BCUT2D eigenvalue weighted by Crippen LogP contribution is 2.16. The van der Waals surface area contributed by atoms with E-state index < -0.39 is 0 Å². The smallest absolute Gasteiger partial charge is 0.146 e. The molecule has 1 unspecified atom stereocenters. The van der Waals surface area contributed by atoms with E-state index in [4.69, 9.17) is 23.2 Å². The number of pyridine rings is 1. The Morgan fingerprint density at radius 3 is 2.86 bits per heavy atom. The second-order valence-corrected chi connectivity index (χ2v) is 4.23. The van der Waals surface area contributed by atoms with Gasteiger partial charge in [0.1, 0.15) is 5.82 Å². The minimum Gasteiger partial charge on any atom is -0.257 e. The summed E-state index contributed by atoms with van der Waals surface area (Å²) in [6, 6.07) is 1.26. The predicted molar refractivity (Wildman–Crippen MR) is 57.5 cm³/mol. The predicted octanol–water partition coefficient (Wildman–Crippen LogP) is 3.82. The number of rotatable bonds is 4. The average molecular weight is 236 g/mol. The van der Waals surface area contributed by atoms with E-state index in [-0.39, 0.29) is 11.2 Å². The van der Waals surface area contributed by atoms with Crippen LogP contribution in [0.2, 0.25) is 5.02 Å². The monoisotopic (exact) mass is 235 g/mol. The molecule has 1 atom stereocenters. The van der Waals surface area contributed by atoms with Crippen molar-refractivity contribution in [1.29, 1.82) is 0 Å². The Kier molecular flexibility index (Phi) is 4.63. The largest absolute Gasteiger partial charge is 0.257 e. The molecule has 1 heterocycles. The fourth-order valence-electron chi connectivity index (χ4n) is 1.22. The lowest BCUT2D eigenvalue weighted by molar-refractivity contribution is 0.588. The van der Waals surface area contributed by atoms with E-state index >= 15 is 0 Å². The van der Waals surface area contributed by atoms with Crippen molar-refractivity contribution in [3.8, 4) is 0 Å². The zero-order valence-corrected chi connectivity index (χ0v) is 9.45. The van der Waals surface area contributed by atoms with Gasteiger partial charge in [0.15, 0.2) is 0 Å². The van der Waals surface area contributed by atoms with Gasteiger partial charge in [-0.1, -0.05) is 24.9 Å². The van der Waals surface area contributed by atoms with Gasteiger partial charge < -0.3 is 0 Å². The third-order valence-electron chi connectivity index (χ3n) is 1.90. The molecule has 0 fully saturated rings. The highest BCUT2D eigenvalue weighted by Gasteiger charge is 2.10. The maximum atomic E-state index is 13.2. The molecule has 0 N–H and O–H groups in total. The van der Waals surface area contributed by atoms with Gasteiger partial charge in [-0.2, -0.15) is 0 Å². The summed E-state index contributed by atoms with van der Waals surface area (Å²) in [7, 11) is 0. The van der Waals surface area contributed by atoms with Crippen molar-refractivity contribution in [3.63, 3.8) is 0 Å². The van der Waals surface area contributed by atoms with Crippen molar-refractivity contribution in [1.82, 2.24) is 4.98 Å². The van der Waals surface area contributed by atoms with Crippen LogP contribution in [0, 0.1) is 5.82 Å². The summed E-state index contributed by atoms with van der Waals surface area (Å²) >= 11 is 11.6. The van der Waals surface area contributed by atoms with Crippen molar-refractivity contribution < 1.29 is 4.39 Å². The summed E-state index contributed by atoms with van der Waals surface area (Å²) in [5.74, 6) is -0.376. The topological polar surface area (TPSA) is 12.9 Å². The minimum absolute atomic E-state index is 0.0526. The Labute approximate surface area is 93.2 Å². The van der Waals surface area contributed by atoms with Crippen LogP contribution < -0.4 is 0 Å². The van der Waals surface area contributed by atoms with Gasteiger partial charge >= 0.3 is 0 Å². The lowest BCUT2D eigenvalue weighted by atomic mass is 10.1. The highest BCUT2D eigenvalue weighted by molar-refractivity contribution is 6.30. The first-order chi connectivity index (χ1) is 6.63. The van der Waals surface area contributed by atoms with Gasteiger partial charge in [-0.15, -0.1) is 11.6 Å². The standard InChI is InChI=1S/C10H12Cl2FN/c1-2-3-7(11)5-10-9(13)4-8(12)6-14-10/h4,6-7H,2-3,5H2,1H3. The number of halogens is 3. The van der Waals surface area contributed by atoms with Crippen LogP contribution in [-0.4, -0.2) is 10.4 Å². The van der Waals surface area contributed by atoms with E-state index in [1.165, 1.54) is 12.3 Å². The molecule has 78 valence electrons. The molecule has 0 aliphatic rings. The molecule has 1 nitrogen and oxygen atoms in total. The molecule has 0 spiro atoms. The second kappa shape index (κ2) is 5.52. The fraction of sp³-hybridized carbons (Fsp3) is 0.500. The van der Waals surface area contributed by atoms with Gasteiger partial charge in [0.2, 0.25) is 0 Å². The minimum atomic E-state index is -0.376. The second-order valence-electron chi connectivity index (χ2n) is 3.17. The fourth-order valence-corrected chi connectivity index (χ4v) is 1.73. The Balaban J connectivity index is 2.67. The number of aromatic nitrogens is 1. The maximum Gasteiger partial charge on any atom is 0.146 e. The number of hydrogen-bond acceptors (Lipinski definition) is 1. The summed E-state index contributed by atoms with van der Waals surface area (Å²) < 4.78 is 13.2. The average Bonchev–Trinajstić information content (AvgIpc) is 2.10. The number of alkyl halides is 1. The molecule has 0 bridgehead atoms. The van der Waals surface area contributed by atoms with E-state index in [1.54, 1.807) is 0 Å². The molecule has 1 rings (SSSR count). The zero-order valence-electron chi connectivity index (χ0n) is 7.93. The normalized spacial score (nSPS) is 12.9. The summed E-state index contributed by atoms with van der Waals surface area (Å²) in [4.78, 5) is 3.91. The van der Waals surface area contributed by atoms with Crippen LogP contribution in [0.15, 0.2) is 12.3 Å². The summed E-state index contributed by atoms with van der Waals surface area (Å²) in [5.41, 5.74) is 0.392. The van der Waals surface area contributed by atoms with Crippen LogP contribution in [0.4, 0.5) is 4.39 Å². The molecule has 0 amide bonds. The zero-order chi connectivity index (χ0) is 10.6. The first kappa shape index (κ1) is 11.7. The van der Waals surface area contributed by atoms with E-state index in [1.807, 2.05) is 6.92 Å². The van der Waals surface area contributed by atoms with Gasteiger partial charge in [0.25, 0.3) is 0 Å². The maximum absolute atomic E-state index is 13.2. The van der Waals surface area contributed by atoms with Gasteiger partial charge in [0.05, 0.1) is 10.7 Å². The SMILES string of the molecule is CCCC(Cl)Cc1ncc(Cl)cc1F. The first-order valence-corrected chi connectivity index (χ1v) is 5.39. The van der Waals surface area contributed by atoms with Crippen molar-refractivity contribution in [2.75, 3.05) is 0 Å². The van der Waals surface area contributed by atoms with Crippen molar-refractivity contribution in [2.24, 2.45) is 0 Å². The molecule has 14 heavy (non-hydrogen) atoms. The van der Waals surface area contributed by atoms with Gasteiger partial charge in [-0.3, -0.25) is 4.98 Å². The molecule has 1 aromatic rings. The summed E-state index contributed by atoms with van der Waals surface area (Å²) in [5, 5.41) is 0.260. The van der Waals surface area contributed by atoms with E-state index in [0.717, 1.165) is 12.8 Å². The van der Waals surface area contributed by atoms with Gasteiger partial charge in [0, 0.05) is 18.0 Å². The quantitative estimate of drug-likeness (QED) is 0.724. The molecule has 0 aliphatic heterocycles. The van der Waals surface area contributed by atoms with Crippen LogP contribution in [0.3, 0.4) is 0 Å². The summed E-state index contributed by atoms with van der Waals surface area (Å²) in [6.45, 7) is 2.04. The van der Waals surface area contributed by atoms with Gasteiger partial charge in [-0.25, -0.2) is 4.39 Å². The molecule has 0 saturated heterocycles. The van der Waals surface area contributed by atoms with E-state index in [9.17, 15) is 4.39 Å². The molecule has 0 aromatic carbocycles. The molecule has 1 aromatic heterocycles. The Hall–Kier alpha value is -0.340. The van der Waals surface area contributed by atoms with Crippen molar-refractivity contribution >= 4 is 23.2 Å². The first-order valence-electron chi connectivity index (χ1n) is 4.57.